The van der Waals surface area contributed by atoms with Gasteiger partial charge in [-0.1, -0.05) is 53.5 Å². The van der Waals surface area contributed by atoms with Crippen molar-refractivity contribution in [2.75, 3.05) is 102 Å². The van der Waals surface area contributed by atoms with Crippen LogP contribution in [0.1, 0.15) is 124 Å². The maximum Gasteiger partial charge on any atom is 0.411 e. The number of esters is 3. The number of halogens is 15. The molecule has 0 radical (unpaired) electrons. The maximum atomic E-state index is 15.5. The topological polar surface area (TPSA) is 301 Å². The van der Waals surface area contributed by atoms with Crippen LogP contribution in [-0.2, 0) is 97.7 Å². The third-order valence-electron chi connectivity index (χ3n) is 26.8. The van der Waals surface area contributed by atoms with Gasteiger partial charge in [-0.3, -0.25) is 28.8 Å². The summed E-state index contributed by atoms with van der Waals surface area (Å²) in [7, 11) is 8.33. The zero-order valence-electron chi connectivity index (χ0n) is 78.6. The van der Waals surface area contributed by atoms with Crippen molar-refractivity contribution in [2.45, 2.75) is 161 Å². The van der Waals surface area contributed by atoms with Crippen LogP contribution >= 0.6 is 23.2 Å². The maximum absolute atomic E-state index is 15.5. The van der Waals surface area contributed by atoms with Gasteiger partial charge < -0.3 is 82.2 Å². The molecule has 6 aliphatic heterocycles. The standard InChI is InChI=1S/2C33H34ClF4N3O6.C33H33F5N4O5/c2*1-17-12-20(41-9-11-46-16-26(41)33(36,37)38)15-24(35)27(17)30(42)39-25(32(44)45-4)14-19-7-8-22(29-21(19)6-5-10-47-29)28-23(34)13-18(2)40(3)31(28)43;1-15-16(2)41(3)31(44)27(39-15)21-8-7-17(20-6-5-9-47-28(20)21)11-25(32(45)46-4)40-30(43)26-23(34)12-19(13-24(26)35)42-14-18-10-22(18)29(42)33(36,37)38/h2*7-8,12-13,15,25-26H,5-6,9-11,14,16H2,1-4H3,(H,39,42);7-8,12-13,18,22,25,29H,5-6,9-11,14H2,1-4H3,(H,40,43)/t2*25-,26+;18-,22-,25+,29-/m001/s1. The molecule has 3 amide bonds. The minimum Gasteiger partial charge on any atom is -0.493 e. The molecule has 42 heteroatoms. The first kappa shape index (κ1) is 104. The van der Waals surface area contributed by atoms with Crippen molar-refractivity contribution in [3.63, 3.8) is 0 Å². The van der Waals surface area contributed by atoms with Gasteiger partial charge in [0, 0.05) is 111 Å². The fourth-order valence-electron chi connectivity index (χ4n) is 19.0. The number of carbonyl (C=O) groups excluding carboxylic acids is 6. The second-order valence-corrected chi connectivity index (χ2v) is 36.4. The van der Waals surface area contributed by atoms with Crippen molar-refractivity contribution in [1.29, 1.82) is 0 Å². The van der Waals surface area contributed by atoms with E-state index in [2.05, 4.69) is 20.9 Å². The number of nitrogens with one attached hydrogen (secondary N) is 3. The van der Waals surface area contributed by atoms with E-state index in [0.29, 0.717) is 156 Å². The molecule has 6 aromatic carbocycles. The zero-order valence-corrected chi connectivity index (χ0v) is 80.1. The lowest BCUT2D eigenvalue weighted by Gasteiger charge is -2.38. The molecule has 1 saturated carbocycles. The quantitative estimate of drug-likeness (QED) is 0.0342. The van der Waals surface area contributed by atoms with E-state index in [4.69, 9.17) is 61.1 Å². The lowest BCUT2D eigenvalue weighted by Crippen LogP contribution is -2.53. The number of rotatable bonds is 21. The summed E-state index contributed by atoms with van der Waals surface area (Å²) in [4.78, 5) is 126. The molecule has 9 aromatic rings. The number of alkyl halides is 9. The Morgan fingerprint density at radius 2 is 0.816 bits per heavy atom. The van der Waals surface area contributed by atoms with Crippen LogP contribution in [0, 0.1) is 76.6 Å². The number of benzene rings is 6. The van der Waals surface area contributed by atoms with Gasteiger partial charge in [0.25, 0.3) is 34.4 Å². The van der Waals surface area contributed by atoms with E-state index >= 15 is 17.6 Å². The average molecular weight is 2020 g/mol. The number of nitrogens with zero attached hydrogens (tertiary/aromatic N) is 7. The van der Waals surface area contributed by atoms with Gasteiger partial charge in [0.2, 0.25) is 0 Å². The third kappa shape index (κ3) is 21.7. The van der Waals surface area contributed by atoms with E-state index in [1.54, 1.807) is 97.4 Å². The number of aryl methyl sites for hydroxylation is 5. The van der Waals surface area contributed by atoms with Gasteiger partial charge in [0.05, 0.1) is 106 Å². The van der Waals surface area contributed by atoms with Crippen molar-refractivity contribution in [2.24, 2.45) is 33.0 Å². The Morgan fingerprint density at radius 1 is 0.461 bits per heavy atom. The lowest BCUT2D eigenvalue weighted by atomic mass is 9.90. The Labute approximate surface area is 809 Å². The molecule has 9 heterocycles. The van der Waals surface area contributed by atoms with Gasteiger partial charge in [-0.05, 0) is 197 Å². The monoisotopic (exact) mass is 2020 g/mol. The molecule has 0 bridgehead atoms. The predicted molar refractivity (Wildman–Crippen MR) is 494 cm³/mol. The van der Waals surface area contributed by atoms with E-state index in [-0.39, 0.29) is 130 Å². The highest BCUT2D eigenvalue weighted by molar-refractivity contribution is 6.34. The number of aromatic nitrogens is 4. The number of methoxy groups -OCH3 is 3. The summed E-state index contributed by atoms with van der Waals surface area (Å²) in [5.41, 5.74) is 5.93. The molecule has 7 aliphatic rings. The Balaban J connectivity index is 0.000000168. The number of hydrogen-bond donors (Lipinski definition) is 3. The van der Waals surface area contributed by atoms with E-state index in [9.17, 15) is 82.7 Å². The predicted octanol–water partition coefficient (Wildman–Crippen LogP) is 14.7. The molecular formula is C99H101Cl2F13N10O17. The van der Waals surface area contributed by atoms with Gasteiger partial charge in [0.15, 0.2) is 0 Å². The van der Waals surface area contributed by atoms with Gasteiger partial charge in [-0.15, -0.1) is 0 Å². The number of morpholine rings is 2. The molecule has 4 fully saturated rings. The molecular weight excluding hydrogens is 1920 g/mol. The van der Waals surface area contributed by atoms with Crippen molar-refractivity contribution in [3.05, 3.63) is 233 Å². The van der Waals surface area contributed by atoms with Crippen molar-refractivity contribution < 1.29 is 124 Å². The number of hydrogen-bond acceptors (Lipinski definition) is 21. The van der Waals surface area contributed by atoms with Crippen molar-refractivity contribution in [3.8, 4) is 50.8 Å². The van der Waals surface area contributed by atoms with E-state index < -0.39 is 150 Å². The molecule has 0 spiro atoms. The fourth-order valence-corrected chi connectivity index (χ4v) is 19.7. The average Bonchev–Trinajstić information content (AvgIpc) is 1.56. The largest absolute Gasteiger partial charge is 0.493 e. The smallest absolute Gasteiger partial charge is 0.411 e. The highest BCUT2D eigenvalue weighted by atomic mass is 35.5. The Hall–Kier alpha value is -12.7. The van der Waals surface area contributed by atoms with Crippen LogP contribution in [0.25, 0.3) is 33.5 Å². The Bertz CT molecular complexity index is 6300. The summed E-state index contributed by atoms with van der Waals surface area (Å²) >= 11 is 13.0. The highest BCUT2D eigenvalue weighted by Gasteiger charge is 2.63. The van der Waals surface area contributed by atoms with Crippen LogP contribution in [0.15, 0.2) is 99.3 Å². The molecule has 1 aliphatic carbocycles. The molecule has 0 unspecified atom stereocenters. The zero-order chi connectivity index (χ0) is 102. The SMILES string of the molecule is COC(=O)[C@H](Cc1ccc(-c2c(Cl)cc(C)n(C)c2=O)c2c1CCCO2)NC(=O)c1c(C)cc(N2CCOC[C@@H]2C(F)(F)F)cc1F.COC(=O)[C@H](Cc1ccc(-c2c(Cl)cc(C)n(C)c2=O)c2c1CCCO2)NC(=O)c1c(C)cc(N2CCOC[C@@H]2C(F)(F)F)cc1F.COC(=O)[C@H](Cc1ccc(-c2nc(C)c(C)n(C)c2=O)c2c1CCCO2)NC(=O)c1c(F)cc(N2C[C@H]3C[C@H]3[C@@H]2C(F)(F)F)cc1F. The van der Waals surface area contributed by atoms with Gasteiger partial charge in [0.1, 0.15) is 88.0 Å². The molecule has 3 N–H and O–H groups in total. The minimum absolute atomic E-state index is 0.00463. The summed E-state index contributed by atoms with van der Waals surface area (Å²) < 4.78 is 232. The first-order valence-corrected chi connectivity index (χ1v) is 45.9. The molecule has 16 rings (SSSR count). The van der Waals surface area contributed by atoms with Crippen LogP contribution in [0.2, 0.25) is 10.0 Å². The van der Waals surface area contributed by atoms with Crippen LogP contribution in [-0.4, -0.2) is 196 Å². The molecule has 3 saturated heterocycles. The summed E-state index contributed by atoms with van der Waals surface area (Å²) in [6, 6.07) is 9.60. The molecule has 141 heavy (non-hydrogen) atoms. The van der Waals surface area contributed by atoms with E-state index in [0.717, 1.165) is 59.3 Å². The molecule has 754 valence electrons. The molecule has 3 aromatic heterocycles. The van der Waals surface area contributed by atoms with Gasteiger partial charge in [-0.25, -0.2) is 36.9 Å². The fraction of sp³-hybridized carbons (Fsp3) is 0.434. The van der Waals surface area contributed by atoms with Crippen LogP contribution < -0.4 is 61.5 Å². The number of ether oxygens (including phenoxy) is 8. The molecule has 27 nitrogen and oxygen atoms in total. The minimum atomic E-state index is -4.61. The van der Waals surface area contributed by atoms with E-state index in [1.165, 1.54) is 39.7 Å². The summed E-state index contributed by atoms with van der Waals surface area (Å²) in [5, 5.41) is 7.97. The number of amides is 3. The number of anilines is 3. The number of pyridine rings is 2. The van der Waals surface area contributed by atoms with Crippen molar-refractivity contribution in [1.82, 2.24) is 34.6 Å². The number of piperidine rings is 1. The third-order valence-corrected chi connectivity index (χ3v) is 27.4. The summed E-state index contributed by atoms with van der Waals surface area (Å²) in [6.07, 6.45) is -10.1. The second kappa shape index (κ2) is 42.2. The number of fused-ring (bicyclic) bond motifs is 4. The Morgan fingerprint density at radius 3 is 1.18 bits per heavy atom. The summed E-state index contributed by atoms with van der Waals surface area (Å²) in [5.74, 6) is -9.94. The summed E-state index contributed by atoms with van der Waals surface area (Å²) in [6.45, 7) is 9.73. The van der Waals surface area contributed by atoms with Crippen LogP contribution in [0.3, 0.4) is 0 Å². The van der Waals surface area contributed by atoms with Gasteiger partial charge in [-0.2, -0.15) is 39.5 Å². The van der Waals surface area contributed by atoms with E-state index in [1.807, 2.05) is 0 Å². The normalized spacial score (nSPS) is 18.2. The Kier molecular flexibility index (Phi) is 31.2. The van der Waals surface area contributed by atoms with Gasteiger partial charge >= 0.3 is 36.4 Å². The van der Waals surface area contributed by atoms with Crippen LogP contribution in [0.5, 0.6) is 17.2 Å². The van der Waals surface area contributed by atoms with Crippen LogP contribution in [0.4, 0.5) is 74.1 Å². The first-order chi connectivity index (χ1) is 66.6. The number of carbonyl (C=O) groups is 6. The lowest BCUT2D eigenvalue weighted by molar-refractivity contribution is -0.167. The molecule has 8 atom stereocenters. The first-order valence-electron chi connectivity index (χ1n) is 45.2. The van der Waals surface area contributed by atoms with Crippen molar-refractivity contribution >= 4 is 75.9 Å². The highest BCUT2D eigenvalue weighted by Crippen LogP contribution is 2.56. The second-order valence-electron chi connectivity index (χ2n) is 35.6.